The van der Waals surface area contributed by atoms with Gasteiger partial charge in [-0.3, -0.25) is 0 Å². The molecule has 1 radical (unpaired) electrons. The summed E-state index contributed by atoms with van der Waals surface area (Å²) in [5.74, 6) is 1.19. The van der Waals surface area contributed by atoms with Crippen molar-refractivity contribution in [3.8, 4) is 0 Å². The van der Waals surface area contributed by atoms with Gasteiger partial charge >= 0.3 is 6.03 Å². The fraction of sp³-hybridized carbons (Fsp3) is 0.360. The molecule has 3 aromatic carbocycles. The van der Waals surface area contributed by atoms with E-state index in [4.69, 9.17) is 0 Å². The van der Waals surface area contributed by atoms with Gasteiger partial charge in [0, 0.05) is 50.1 Å². The van der Waals surface area contributed by atoms with E-state index < -0.39 is 0 Å². The van der Waals surface area contributed by atoms with Crippen molar-refractivity contribution in [2.24, 2.45) is 0 Å². The van der Waals surface area contributed by atoms with E-state index in [1.807, 2.05) is 40.9 Å². The molecule has 1 N–H and O–H groups in total. The third kappa shape index (κ3) is 4.29. The van der Waals surface area contributed by atoms with Crippen LogP contribution in [0.15, 0.2) is 48.5 Å². The summed E-state index contributed by atoms with van der Waals surface area (Å²) in [4.78, 5) is 26.4. The Hall–Kier alpha value is -1.43. The Kier molecular flexibility index (Phi) is 7.05. The summed E-state index contributed by atoms with van der Waals surface area (Å²) in [6, 6.07) is 20.2. The number of fused-ring (bicyclic) bond motifs is 3. The molecule has 0 aliphatic carbocycles. The summed E-state index contributed by atoms with van der Waals surface area (Å²) >= 11 is 1.96. The van der Waals surface area contributed by atoms with Crippen molar-refractivity contribution < 1.29 is 42.3 Å². The van der Waals surface area contributed by atoms with Gasteiger partial charge in [0.05, 0.1) is 12.1 Å². The minimum absolute atomic E-state index is 0. The number of urea groups is 1. The van der Waals surface area contributed by atoms with E-state index in [-0.39, 0.29) is 56.6 Å². The van der Waals surface area contributed by atoms with Gasteiger partial charge in [0.2, 0.25) is 0 Å². The maximum atomic E-state index is 13.2. The van der Waals surface area contributed by atoms with Crippen LogP contribution in [0.2, 0.25) is 0 Å². The molecule has 2 aliphatic rings. The van der Waals surface area contributed by atoms with Crippen LogP contribution in [0.25, 0.3) is 21.5 Å². The number of carbonyl (C=O) groups is 2. The summed E-state index contributed by atoms with van der Waals surface area (Å²) < 4.78 is 0. The number of benzene rings is 3. The minimum Gasteiger partial charge on any atom is -0.332 e. The van der Waals surface area contributed by atoms with Crippen molar-refractivity contribution in [3.05, 3.63) is 54.6 Å². The van der Waals surface area contributed by atoms with Crippen LogP contribution in [0.1, 0.15) is 32.6 Å². The Morgan fingerprint density at radius 3 is 2.39 bits per heavy atom. The quantitative estimate of drug-likeness (QED) is 0.213. The zero-order valence-corrected chi connectivity index (χ0v) is 21.3. The number of carbonyl (C=O) groups excluding carboxylic acids is 2. The molecule has 2 fully saturated rings. The average molecular weight is 506 g/mol. The van der Waals surface area contributed by atoms with E-state index in [1.165, 1.54) is 0 Å². The summed E-state index contributed by atoms with van der Waals surface area (Å²) in [6.45, 7) is 1.65. The van der Waals surface area contributed by atoms with E-state index in [1.54, 1.807) is 6.92 Å². The molecule has 0 spiro atoms. The molecule has 31 heavy (non-hydrogen) atoms. The molecule has 2 saturated heterocycles. The zero-order valence-electron chi connectivity index (χ0n) is 17.6. The number of Topliss-reactive ketones (excluding diaryl/α,β-unsaturated/α-hetero) is 1. The predicted octanol–water partition coefficient (Wildman–Crippen LogP) is 5.32. The van der Waals surface area contributed by atoms with Crippen LogP contribution in [0.5, 0.6) is 0 Å². The molecule has 2 aliphatic heterocycles. The van der Waals surface area contributed by atoms with Gasteiger partial charge in [-0.1, -0.05) is 53.6 Å². The molecule has 3 unspecified atom stereocenters. The fourth-order valence-corrected chi connectivity index (χ4v) is 6.45. The van der Waals surface area contributed by atoms with Crippen molar-refractivity contribution in [1.82, 2.24) is 5.32 Å². The largest absolute Gasteiger partial charge is 0.332 e. The second-order valence-corrected chi connectivity index (χ2v) is 9.57. The number of hydrogen-bond donors (Lipinski definition) is 1. The van der Waals surface area contributed by atoms with Crippen molar-refractivity contribution in [1.29, 1.82) is 0 Å². The first-order valence-electron chi connectivity index (χ1n) is 10.7. The third-order valence-corrected chi connectivity index (χ3v) is 7.77. The van der Waals surface area contributed by atoms with E-state index in [9.17, 15) is 9.59 Å². The summed E-state index contributed by atoms with van der Waals surface area (Å²) in [7, 11) is 0. The molecule has 0 saturated carbocycles. The van der Waals surface area contributed by atoms with Gasteiger partial charge in [-0.2, -0.15) is 11.8 Å². The minimum atomic E-state index is 0. The smallest absolute Gasteiger partial charge is 0.321 e. The number of amides is 2. The van der Waals surface area contributed by atoms with Gasteiger partial charge in [0.25, 0.3) is 0 Å². The summed E-state index contributed by atoms with van der Waals surface area (Å²) in [5.41, 5.74) is 1.00. The molecule has 5 rings (SSSR count). The topological polar surface area (TPSA) is 49.4 Å². The molecule has 3 aromatic rings. The Morgan fingerprint density at radius 2 is 1.74 bits per heavy atom. The maximum Gasteiger partial charge on any atom is 0.321 e. The summed E-state index contributed by atoms with van der Waals surface area (Å²) in [5, 5.41) is 7.90. The summed E-state index contributed by atoms with van der Waals surface area (Å²) in [6.07, 6.45) is 3.66. The SMILES string of the molecule is CC(=O)CCCCC1SCC2C1NC(=O)N2c1c2ccccc2[c-]c2ccccc12.[Y]. The van der Waals surface area contributed by atoms with Gasteiger partial charge in [0.1, 0.15) is 5.78 Å². The second-order valence-electron chi connectivity index (χ2n) is 8.30. The number of hydrogen-bond acceptors (Lipinski definition) is 3. The Bertz CT molecular complexity index is 1080. The molecule has 157 valence electrons. The van der Waals surface area contributed by atoms with Crippen molar-refractivity contribution >= 4 is 50.8 Å². The molecular formula is C25H25N2O2SY-. The van der Waals surface area contributed by atoms with Crippen LogP contribution in [-0.2, 0) is 37.5 Å². The van der Waals surface area contributed by atoms with E-state index >= 15 is 0 Å². The van der Waals surface area contributed by atoms with Crippen LogP contribution in [0, 0.1) is 6.07 Å². The number of nitrogens with zero attached hydrogens (tertiary/aromatic N) is 1. The maximum absolute atomic E-state index is 13.2. The average Bonchev–Trinajstić information content (AvgIpc) is 3.27. The Morgan fingerprint density at radius 1 is 1.10 bits per heavy atom. The number of thioether (sulfide) groups is 1. The first kappa shape index (κ1) is 22.8. The number of anilines is 1. The van der Waals surface area contributed by atoms with Crippen molar-refractivity contribution in [2.45, 2.75) is 49.9 Å². The Labute approximate surface area is 212 Å². The normalized spacial score (nSPS) is 22.4. The molecule has 3 atom stereocenters. The monoisotopic (exact) mass is 506 g/mol. The van der Waals surface area contributed by atoms with Crippen molar-refractivity contribution in [3.63, 3.8) is 0 Å². The number of nitrogens with one attached hydrogen (secondary N) is 1. The van der Waals surface area contributed by atoms with Crippen LogP contribution in [0.3, 0.4) is 0 Å². The predicted molar refractivity (Wildman–Crippen MR) is 124 cm³/mol. The van der Waals surface area contributed by atoms with Gasteiger partial charge in [-0.25, -0.2) is 4.79 Å². The van der Waals surface area contributed by atoms with Crippen LogP contribution in [0.4, 0.5) is 10.5 Å². The van der Waals surface area contributed by atoms with Crippen LogP contribution >= 0.6 is 11.8 Å². The molecule has 2 heterocycles. The molecular weight excluding hydrogens is 481 g/mol. The van der Waals surface area contributed by atoms with E-state index in [2.05, 4.69) is 35.6 Å². The standard InChI is InChI=1S/C25H25N2O2S.Y/c1-16(28)8-2-7-13-22-23-21(15-30-22)27(25(29)26-23)24-19-11-5-3-9-17(19)14-18-10-4-6-12-20(18)24;/h3-6,9-12,21-23H,2,7-8,13,15H2,1H3,(H,26,29);/q-1;. The van der Waals surface area contributed by atoms with Gasteiger partial charge in [-0.15, -0.1) is 29.0 Å². The molecule has 4 nitrogen and oxygen atoms in total. The first-order valence-corrected chi connectivity index (χ1v) is 11.7. The molecule has 0 bridgehead atoms. The number of unbranched alkanes of at least 4 members (excludes halogenated alkanes) is 1. The second kappa shape index (κ2) is 9.60. The Balaban J connectivity index is 0.00000231. The molecule has 6 heteroatoms. The van der Waals surface area contributed by atoms with Crippen LogP contribution in [-0.4, -0.2) is 34.9 Å². The van der Waals surface area contributed by atoms with E-state index in [0.717, 1.165) is 52.2 Å². The zero-order chi connectivity index (χ0) is 20.7. The number of ketones is 1. The molecule has 0 aromatic heterocycles. The van der Waals surface area contributed by atoms with Gasteiger partial charge < -0.3 is 15.0 Å². The molecule has 2 amide bonds. The van der Waals surface area contributed by atoms with Crippen molar-refractivity contribution in [2.75, 3.05) is 10.7 Å². The van der Waals surface area contributed by atoms with Gasteiger partial charge in [0.15, 0.2) is 0 Å². The fourth-order valence-electron chi connectivity index (χ4n) is 4.86. The third-order valence-electron chi connectivity index (χ3n) is 6.28. The number of rotatable bonds is 6. The first-order chi connectivity index (χ1) is 14.6. The van der Waals surface area contributed by atoms with E-state index in [0.29, 0.717) is 11.7 Å². The van der Waals surface area contributed by atoms with Gasteiger partial charge in [-0.05, 0) is 25.5 Å². The van der Waals surface area contributed by atoms with Crippen LogP contribution < -0.4 is 10.2 Å².